The number of likely N-dealkylation sites (N-methyl/N-ethyl adjacent to an activating group) is 1. The van der Waals surface area contributed by atoms with Crippen LogP contribution in [-0.4, -0.2) is 37.0 Å². The molecule has 2 fully saturated rings. The number of hydrogen-bond donors (Lipinski definition) is 1. The summed E-state index contributed by atoms with van der Waals surface area (Å²) in [6.07, 6.45) is 3.12. The lowest BCUT2D eigenvalue weighted by molar-refractivity contribution is -0.133. The quantitative estimate of drug-likeness (QED) is 0.884. The van der Waals surface area contributed by atoms with Crippen LogP contribution in [0.1, 0.15) is 30.7 Å². The monoisotopic (exact) mass is 362 g/mol. The molecule has 3 atom stereocenters. The summed E-state index contributed by atoms with van der Waals surface area (Å²) in [5, 5.41) is 4.50. The Bertz CT molecular complexity index is 552. The molecule has 0 aromatic heterocycles. The van der Waals surface area contributed by atoms with Crippen molar-refractivity contribution in [2.75, 3.05) is 20.1 Å². The molecule has 1 aliphatic carbocycles. The highest BCUT2D eigenvalue weighted by Crippen LogP contribution is 2.51. The molecule has 2 aliphatic rings. The van der Waals surface area contributed by atoms with E-state index in [1.807, 2.05) is 19.2 Å². The van der Waals surface area contributed by atoms with Crippen LogP contribution >= 0.6 is 35.6 Å². The average Bonchev–Trinajstić information content (AvgIpc) is 3.09. The van der Waals surface area contributed by atoms with E-state index in [0.29, 0.717) is 22.0 Å². The molecule has 1 N–H and O–H groups in total. The predicted octanol–water partition coefficient (Wildman–Crippen LogP) is 3.73. The molecule has 1 saturated heterocycles. The largest absolute Gasteiger partial charge is 0.338 e. The summed E-state index contributed by atoms with van der Waals surface area (Å²) in [4.78, 5) is 14.7. The number of halogens is 3. The highest BCUT2D eigenvalue weighted by atomic mass is 35.5. The highest BCUT2D eigenvalue weighted by molar-refractivity contribution is 6.35. The van der Waals surface area contributed by atoms with Crippen LogP contribution in [0, 0.1) is 5.92 Å². The first kappa shape index (κ1) is 17.9. The lowest BCUT2D eigenvalue weighted by Crippen LogP contribution is -2.41. The molecule has 1 aromatic carbocycles. The molecule has 1 aromatic rings. The molecular formula is C16H21Cl3N2O. The molecule has 6 heteroatoms. The molecule has 3 unspecified atom stereocenters. The minimum Gasteiger partial charge on any atom is -0.338 e. The minimum absolute atomic E-state index is 0. The summed E-state index contributed by atoms with van der Waals surface area (Å²) < 4.78 is 0. The molecule has 3 nitrogen and oxygen atoms in total. The van der Waals surface area contributed by atoms with E-state index in [0.717, 1.165) is 37.9 Å². The summed E-state index contributed by atoms with van der Waals surface area (Å²) in [6.45, 7) is 1.77. The number of nitrogens with zero attached hydrogens (tertiary/aromatic N) is 1. The average molecular weight is 364 g/mol. The molecule has 122 valence electrons. The van der Waals surface area contributed by atoms with E-state index in [2.05, 4.69) is 10.2 Å². The van der Waals surface area contributed by atoms with Crippen LogP contribution < -0.4 is 5.32 Å². The molecule has 1 saturated carbocycles. The standard InChI is InChI=1S/C16H20Cl2N2O.ClH/c1-19-9-11-3-2-6-20(11)16(21)14-8-13(14)12-5-4-10(17)7-15(12)18;/h4-5,7,11,13-14,19H,2-3,6,8-9H2,1H3;1H. The summed E-state index contributed by atoms with van der Waals surface area (Å²) in [5.74, 6) is 0.656. The maximum Gasteiger partial charge on any atom is 0.226 e. The van der Waals surface area contributed by atoms with Gasteiger partial charge in [-0.2, -0.15) is 0 Å². The van der Waals surface area contributed by atoms with Gasteiger partial charge in [0.15, 0.2) is 0 Å². The Morgan fingerprint density at radius 3 is 2.86 bits per heavy atom. The van der Waals surface area contributed by atoms with Crippen LogP contribution in [0.5, 0.6) is 0 Å². The highest BCUT2D eigenvalue weighted by Gasteiger charge is 2.48. The van der Waals surface area contributed by atoms with E-state index < -0.39 is 0 Å². The fourth-order valence-corrected chi connectivity index (χ4v) is 3.95. The Kier molecular flexibility index (Phi) is 6.00. The van der Waals surface area contributed by atoms with Gasteiger partial charge >= 0.3 is 0 Å². The Balaban J connectivity index is 0.00000176. The Hall–Kier alpha value is -0.480. The summed E-state index contributed by atoms with van der Waals surface area (Å²) in [5.41, 5.74) is 1.06. The number of carbonyl (C=O) groups excluding carboxylic acids is 1. The topological polar surface area (TPSA) is 32.3 Å². The molecule has 1 aliphatic heterocycles. The number of likely N-dealkylation sites (tertiary alicyclic amines) is 1. The van der Waals surface area contributed by atoms with E-state index in [9.17, 15) is 4.79 Å². The van der Waals surface area contributed by atoms with Crippen molar-refractivity contribution in [1.29, 1.82) is 0 Å². The SMILES string of the molecule is CNCC1CCCN1C(=O)C1CC1c1ccc(Cl)cc1Cl.Cl. The summed E-state index contributed by atoms with van der Waals surface area (Å²) in [7, 11) is 1.94. The summed E-state index contributed by atoms with van der Waals surface area (Å²) >= 11 is 12.2. The second kappa shape index (κ2) is 7.39. The van der Waals surface area contributed by atoms with Crippen molar-refractivity contribution < 1.29 is 4.79 Å². The second-order valence-corrected chi connectivity index (χ2v) is 6.84. The zero-order valence-electron chi connectivity index (χ0n) is 12.5. The number of rotatable bonds is 4. The predicted molar refractivity (Wildman–Crippen MR) is 93.2 cm³/mol. The molecule has 0 radical (unpaired) electrons. The van der Waals surface area contributed by atoms with Gasteiger partial charge in [-0.15, -0.1) is 12.4 Å². The zero-order valence-corrected chi connectivity index (χ0v) is 14.8. The van der Waals surface area contributed by atoms with Crippen LogP contribution in [0.3, 0.4) is 0 Å². The smallest absolute Gasteiger partial charge is 0.226 e. The van der Waals surface area contributed by atoms with Crippen molar-refractivity contribution in [3.8, 4) is 0 Å². The first-order valence-corrected chi connectivity index (χ1v) is 8.27. The van der Waals surface area contributed by atoms with Crippen LogP contribution in [0.15, 0.2) is 18.2 Å². The van der Waals surface area contributed by atoms with E-state index in [1.165, 1.54) is 0 Å². The van der Waals surface area contributed by atoms with Gasteiger partial charge in [-0.05, 0) is 49.9 Å². The third-order valence-corrected chi connectivity index (χ3v) is 5.13. The van der Waals surface area contributed by atoms with E-state index in [-0.39, 0.29) is 24.2 Å². The van der Waals surface area contributed by atoms with Gasteiger partial charge in [0.2, 0.25) is 5.91 Å². The van der Waals surface area contributed by atoms with Crippen LogP contribution in [0.4, 0.5) is 0 Å². The fourth-order valence-electron chi connectivity index (χ4n) is 3.40. The van der Waals surface area contributed by atoms with Gasteiger partial charge in [0.05, 0.1) is 0 Å². The third-order valence-electron chi connectivity index (χ3n) is 4.57. The number of benzene rings is 1. The maximum absolute atomic E-state index is 12.7. The Morgan fingerprint density at radius 2 is 2.18 bits per heavy atom. The molecule has 0 spiro atoms. The van der Waals surface area contributed by atoms with E-state index >= 15 is 0 Å². The van der Waals surface area contributed by atoms with Gasteiger partial charge in [0.25, 0.3) is 0 Å². The van der Waals surface area contributed by atoms with E-state index in [4.69, 9.17) is 23.2 Å². The Morgan fingerprint density at radius 1 is 1.41 bits per heavy atom. The van der Waals surface area contributed by atoms with Crippen molar-refractivity contribution in [2.45, 2.75) is 31.2 Å². The van der Waals surface area contributed by atoms with Gasteiger partial charge in [0, 0.05) is 35.1 Å². The van der Waals surface area contributed by atoms with Gasteiger partial charge in [-0.3, -0.25) is 4.79 Å². The van der Waals surface area contributed by atoms with Crippen LogP contribution in [0.25, 0.3) is 0 Å². The minimum atomic E-state index is 0. The number of carbonyl (C=O) groups is 1. The maximum atomic E-state index is 12.7. The fraction of sp³-hybridized carbons (Fsp3) is 0.562. The lowest BCUT2D eigenvalue weighted by atomic mass is 10.1. The lowest BCUT2D eigenvalue weighted by Gasteiger charge is -2.24. The van der Waals surface area contributed by atoms with Crippen molar-refractivity contribution in [3.05, 3.63) is 33.8 Å². The van der Waals surface area contributed by atoms with Gasteiger partial charge in [-0.1, -0.05) is 29.3 Å². The number of nitrogens with one attached hydrogen (secondary N) is 1. The molecule has 1 amide bonds. The third kappa shape index (κ3) is 3.53. The van der Waals surface area contributed by atoms with Crippen molar-refractivity contribution >= 4 is 41.5 Å². The zero-order chi connectivity index (χ0) is 15.0. The van der Waals surface area contributed by atoms with E-state index in [1.54, 1.807) is 6.07 Å². The summed E-state index contributed by atoms with van der Waals surface area (Å²) in [6, 6.07) is 5.92. The van der Waals surface area contributed by atoms with Crippen molar-refractivity contribution in [2.24, 2.45) is 5.92 Å². The number of hydrogen-bond acceptors (Lipinski definition) is 2. The molecule has 3 rings (SSSR count). The molecule has 1 heterocycles. The first-order chi connectivity index (χ1) is 10.1. The molecular weight excluding hydrogens is 343 g/mol. The van der Waals surface area contributed by atoms with Crippen LogP contribution in [0.2, 0.25) is 10.0 Å². The Labute approximate surface area is 147 Å². The van der Waals surface area contributed by atoms with Crippen molar-refractivity contribution in [1.82, 2.24) is 10.2 Å². The van der Waals surface area contributed by atoms with Gasteiger partial charge in [0.1, 0.15) is 0 Å². The van der Waals surface area contributed by atoms with Gasteiger partial charge < -0.3 is 10.2 Å². The van der Waals surface area contributed by atoms with Gasteiger partial charge in [-0.25, -0.2) is 0 Å². The molecule has 0 bridgehead atoms. The molecule has 22 heavy (non-hydrogen) atoms. The van der Waals surface area contributed by atoms with Crippen LogP contribution in [-0.2, 0) is 4.79 Å². The normalized spacial score (nSPS) is 26.7. The first-order valence-electron chi connectivity index (χ1n) is 7.52. The van der Waals surface area contributed by atoms with Crippen molar-refractivity contribution in [3.63, 3.8) is 0 Å². The number of amides is 1. The second-order valence-electron chi connectivity index (χ2n) is 6.00.